The summed E-state index contributed by atoms with van der Waals surface area (Å²) in [6.07, 6.45) is 6.54. The molecule has 1 unspecified atom stereocenters. The molecule has 7 nitrogen and oxygen atoms in total. The summed E-state index contributed by atoms with van der Waals surface area (Å²) in [6, 6.07) is 0. The lowest BCUT2D eigenvalue weighted by Crippen LogP contribution is -2.54. The number of hydrogen-bond donors (Lipinski definition) is 0. The van der Waals surface area contributed by atoms with Crippen LogP contribution in [-0.4, -0.2) is 33.0 Å². The highest BCUT2D eigenvalue weighted by Crippen LogP contribution is 2.47. The molecule has 0 aromatic carbocycles. The van der Waals surface area contributed by atoms with Crippen LogP contribution in [0.1, 0.15) is 52.9 Å². The fourth-order valence-electron chi connectivity index (χ4n) is 4.42. The molecule has 2 heterocycles. The van der Waals surface area contributed by atoms with E-state index in [1.807, 2.05) is 0 Å². The molecular weight excluding hydrogens is 402 g/mol. The average molecular weight is 430 g/mol. The second kappa shape index (κ2) is 7.94. The summed E-state index contributed by atoms with van der Waals surface area (Å²) in [7, 11) is 0. The van der Waals surface area contributed by atoms with Gasteiger partial charge in [0.2, 0.25) is 0 Å². The summed E-state index contributed by atoms with van der Waals surface area (Å²) in [6.45, 7) is 8.12. The van der Waals surface area contributed by atoms with E-state index in [1.54, 1.807) is 4.57 Å². The highest BCUT2D eigenvalue weighted by atomic mass is 79.9. The Labute approximate surface area is 162 Å². The molecule has 1 saturated heterocycles. The van der Waals surface area contributed by atoms with E-state index in [1.165, 1.54) is 12.6 Å². The van der Waals surface area contributed by atoms with E-state index in [4.69, 9.17) is 9.47 Å². The number of nitrogens with zero attached hydrogens (tertiary/aromatic N) is 3. The van der Waals surface area contributed by atoms with E-state index in [0.717, 1.165) is 25.7 Å². The molecule has 146 valence electrons. The zero-order valence-corrected chi connectivity index (χ0v) is 17.3. The maximum absolute atomic E-state index is 10.9. The van der Waals surface area contributed by atoms with Gasteiger partial charge in [0.1, 0.15) is 6.20 Å². The van der Waals surface area contributed by atoms with E-state index in [0.29, 0.717) is 35.6 Å². The van der Waals surface area contributed by atoms with Gasteiger partial charge in [-0.15, -0.1) is 0 Å². The molecule has 1 aliphatic carbocycles. The smallest absolute Gasteiger partial charge is 0.358 e. The van der Waals surface area contributed by atoms with Crippen LogP contribution in [0.15, 0.2) is 10.9 Å². The van der Waals surface area contributed by atoms with Crippen molar-refractivity contribution in [3.63, 3.8) is 0 Å². The van der Waals surface area contributed by atoms with Crippen LogP contribution in [0.5, 0.6) is 0 Å². The molecule has 0 amide bonds. The van der Waals surface area contributed by atoms with Crippen LogP contribution < -0.4 is 0 Å². The third kappa shape index (κ3) is 4.12. The number of imidazole rings is 1. The molecule has 0 radical (unpaired) electrons. The number of aryl methyl sites for hydroxylation is 1. The minimum Gasteiger partial charge on any atom is -0.358 e. The quantitative estimate of drug-likeness (QED) is 0.506. The Kier molecular flexibility index (Phi) is 6.04. The van der Waals surface area contributed by atoms with Gasteiger partial charge >= 0.3 is 5.82 Å². The van der Waals surface area contributed by atoms with Crippen LogP contribution >= 0.6 is 15.9 Å². The first-order valence-electron chi connectivity index (χ1n) is 9.49. The molecule has 1 aromatic heterocycles. The molecule has 1 aromatic rings. The third-order valence-electron chi connectivity index (χ3n) is 5.72. The number of aromatic nitrogens is 2. The van der Waals surface area contributed by atoms with Crippen molar-refractivity contribution in [2.75, 3.05) is 6.61 Å². The van der Waals surface area contributed by atoms with Gasteiger partial charge in [-0.3, -0.25) is 4.57 Å². The van der Waals surface area contributed by atoms with Gasteiger partial charge < -0.3 is 19.6 Å². The third-order valence-corrected chi connectivity index (χ3v) is 6.35. The summed E-state index contributed by atoms with van der Waals surface area (Å²) < 4.78 is 15.1. The van der Waals surface area contributed by atoms with Gasteiger partial charge in [-0.1, -0.05) is 27.2 Å². The Balaban J connectivity index is 1.67. The van der Waals surface area contributed by atoms with E-state index in [9.17, 15) is 10.1 Å². The SMILES string of the molecule is CC(C)[C@H]1CC[C@H](C)CC12OCC[C@@H](CCn1cc([N+](=O)[O-])nc1Br)O2. The van der Waals surface area contributed by atoms with Crippen molar-refractivity contribution in [2.45, 2.75) is 71.3 Å². The number of nitro groups is 1. The Morgan fingerprint density at radius 2 is 2.23 bits per heavy atom. The molecule has 8 heteroatoms. The summed E-state index contributed by atoms with van der Waals surface area (Å²) in [4.78, 5) is 14.3. The fraction of sp³-hybridized carbons (Fsp3) is 0.833. The Morgan fingerprint density at radius 1 is 1.46 bits per heavy atom. The molecule has 2 aliphatic rings. The molecule has 26 heavy (non-hydrogen) atoms. The molecule has 0 bridgehead atoms. The molecule has 1 saturated carbocycles. The van der Waals surface area contributed by atoms with Gasteiger partial charge in [0, 0.05) is 34.8 Å². The predicted molar refractivity (Wildman–Crippen MR) is 101 cm³/mol. The summed E-state index contributed by atoms with van der Waals surface area (Å²) >= 11 is 3.30. The second-order valence-electron chi connectivity index (χ2n) is 8.03. The first-order valence-corrected chi connectivity index (χ1v) is 10.3. The molecular formula is C18H28BrN3O4. The van der Waals surface area contributed by atoms with Crippen molar-refractivity contribution in [1.82, 2.24) is 9.55 Å². The highest BCUT2D eigenvalue weighted by Gasteiger charge is 2.49. The minimum atomic E-state index is -0.474. The van der Waals surface area contributed by atoms with Gasteiger partial charge in [-0.05, 0) is 41.0 Å². The van der Waals surface area contributed by atoms with Crippen molar-refractivity contribution in [1.29, 1.82) is 0 Å². The van der Waals surface area contributed by atoms with Gasteiger partial charge in [-0.2, -0.15) is 0 Å². The first kappa shape index (κ1) is 19.8. The van der Waals surface area contributed by atoms with Crippen molar-refractivity contribution in [2.24, 2.45) is 17.8 Å². The standard InChI is InChI=1S/C18H28BrN3O4/c1-12(2)15-5-4-13(3)10-18(15)25-9-7-14(26-18)6-8-21-11-16(22(23)24)20-17(21)19/h11-15H,4-10H2,1-3H3/t13-,14+,15+,18?/m0/s1. The van der Waals surface area contributed by atoms with E-state index in [2.05, 4.69) is 41.7 Å². The van der Waals surface area contributed by atoms with Gasteiger partial charge in [0.05, 0.1) is 12.7 Å². The molecule has 4 atom stereocenters. The minimum absolute atomic E-state index is 0.101. The van der Waals surface area contributed by atoms with Crippen molar-refractivity contribution in [3.05, 3.63) is 21.0 Å². The van der Waals surface area contributed by atoms with Crippen LogP contribution in [0.25, 0.3) is 0 Å². The number of ether oxygens (including phenoxy) is 2. The van der Waals surface area contributed by atoms with E-state index in [-0.39, 0.29) is 11.9 Å². The van der Waals surface area contributed by atoms with Crippen LogP contribution in [0.2, 0.25) is 0 Å². The summed E-state index contributed by atoms with van der Waals surface area (Å²) in [5, 5.41) is 10.9. The van der Waals surface area contributed by atoms with Crippen LogP contribution in [-0.2, 0) is 16.0 Å². The van der Waals surface area contributed by atoms with E-state index >= 15 is 0 Å². The maximum Gasteiger partial charge on any atom is 0.382 e. The van der Waals surface area contributed by atoms with Gasteiger partial charge in [0.15, 0.2) is 5.79 Å². The lowest BCUT2D eigenvalue weighted by atomic mass is 9.72. The second-order valence-corrected chi connectivity index (χ2v) is 8.74. The fourth-order valence-corrected chi connectivity index (χ4v) is 4.88. The number of halogens is 1. The van der Waals surface area contributed by atoms with E-state index < -0.39 is 10.7 Å². The predicted octanol–water partition coefficient (Wildman–Crippen LogP) is 4.54. The lowest BCUT2D eigenvalue weighted by molar-refractivity contribution is -0.389. The number of rotatable bonds is 5. The highest BCUT2D eigenvalue weighted by molar-refractivity contribution is 9.10. The molecule has 1 aliphatic heterocycles. The van der Waals surface area contributed by atoms with Crippen LogP contribution in [0.4, 0.5) is 5.82 Å². The van der Waals surface area contributed by atoms with Crippen molar-refractivity contribution in [3.8, 4) is 0 Å². The van der Waals surface area contributed by atoms with Crippen LogP contribution in [0.3, 0.4) is 0 Å². The van der Waals surface area contributed by atoms with Crippen molar-refractivity contribution >= 4 is 21.7 Å². The molecule has 3 rings (SSSR count). The average Bonchev–Trinajstić information content (AvgIpc) is 2.94. The van der Waals surface area contributed by atoms with Crippen LogP contribution in [0, 0.1) is 27.9 Å². The lowest BCUT2D eigenvalue weighted by Gasteiger charge is -2.51. The maximum atomic E-state index is 10.9. The first-order chi connectivity index (χ1) is 12.3. The zero-order valence-electron chi connectivity index (χ0n) is 15.7. The summed E-state index contributed by atoms with van der Waals surface area (Å²) in [5.41, 5.74) is 0. The Hall–Kier alpha value is -0.990. The number of hydrogen-bond acceptors (Lipinski definition) is 5. The van der Waals surface area contributed by atoms with Crippen molar-refractivity contribution < 1.29 is 14.4 Å². The largest absolute Gasteiger partial charge is 0.382 e. The Bertz CT molecular complexity index is 650. The van der Waals surface area contributed by atoms with Gasteiger partial charge in [-0.25, -0.2) is 0 Å². The normalized spacial score (nSPS) is 32.3. The topological polar surface area (TPSA) is 79.4 Å². The molecule has 0 N–H and O–H groups in total. The van der Waals surface area contributed by atoms with Gasteiger partial charge in [0.25, 0.3) is 4.73 Å². The summed E-state index contributed by atoms with van der Waals surface area (Å²) in [5.74, 6) is 0.943. The molecule has 1 spiro atoms. The monoisotopic (exact) mass is 429 g/mol. The zero-order chi connectivity index (χ0) is 18.9. The molecule has 2 fully saturated rings. The Morgan fingerprint density at radius 3 is 2.88 bits per heavy atom.